The summed E-state index contributed by atoms with van der Waals surface area (Å²) in [4.78, 5) is 8.31. The molecule has 0 radical (unpaired) electrons. The number of rotatable bonds is 7. The van der Waals surface area contributed by atoms with Crippen molar-refractivity contribution >= 4 is 23.1 Å². The summed E-state index contributed by atoms with van der Waals surface area (Å²) in [5.74, 6) is 1.64. The van der Waals surface area contributed by atoms with Crippen LogP contribution in [0.1, 0.15) is 26.7 Å². The molecule has 0 aliphatic rings. The fraction of sp³-hybridized carbons (Fsp3) is 0.250. The number of methoxy groups -OCH3 is 2. The van der Waals surface area contributed by atoms with Gasteiger partial charge >= 0.3 is 0 Å². The molecule has 10 heteroatoms. The molecule has 2 heterocycles. The maximum Gasteiger partial charge on any atom is 0.247 e. The van der Waals surface area contributed by atoms with Gasteiger partial charge < -0.3 is 24.5 Å². The lowest BCUT2D eigenvalue weighted by Gasteiger charge is -2.12. The van der Waals surface area contributed by atoms with Crippen LogP contribution in [-0.2, 0) is 5.41 Å². The van der Waals surface area contributed by atoms with Crippen LogP contribution in [0.15, 0.2) is 53.1 Å². The van der Waals surface area contributed by atoms with Gasteiger partial charge in [0.25, 0.3) is 0 Å². The minimum Gasteiger partial charge on any atom is -0.493 e. The molecule has 0 saturated heterocycles. The molecule has 2 aromatic heterocycles. The van der Waals surface area contributed by atoms with Gasteiger partial charge in [-0.2, -0.15) is 4.98 Å². The van der Waals surface area contributed by atoms with Crippen LogP contribution in [0.3, 0.4) is 0 Å². The molecule has 0 atom stereocenters. The SMILES string of the molecule is COc1ccc(Nc2nc(Nc3cccc(-c4nnc(C(C)(C)C)o4)c3)ncc2F)cc1OC. The molecule has 176 valence electrons. The summed E-state index contributed by atoms with van der Waals surface area (Å²) in [5.41, 5.74) is 1.74. The standard InChI is InChI=1S/C24H25FN6O3/c1-24(2,3)22-31-30-21(34-22)14-7-6-8-15(11-14)28-23-26-13-17(25)20(29-23)27-16-9-10-18(32-4)19(12-16)33-5/h6-13H,1-5H3,(H2,26,27,28,29). The van der Waals surface area contributed by atoms with Gasteiger partial charge in [-0.1, -0.05) is 26.8 Å². The second-order valence-corrected chi connectivity index (χ2v) is 8.45. The molecule has 4 aromatic rings. The van der Waals surface area contributed by atoms with Gasteiger partial charge in [-0.3, -0.25) is 0 Å². The van der Waals surface area contributed by atoms with Crippen LogP contribution < -0.4 is 20.1 Å². The zero-order chi connectivity index (χ0) is 24.3. The van der Waals surface area contributed by atoms with E-state index in [0.29, 0.717) is 34.7 Å². The van der Waals surface area contributed by atoms with Crippen LogP contribution in [0.4, 0.5) is 27.5 Å². The summed E-state index contributed by atoms with van der Waals surface area (Å²) in [7, 11) is 3.07. The van der Waals surface area contributed by atoms with Crippen molar-refractivity contribution in [1.29, 1.82) is 0 Å². The average molecular weight is 465 g/mol. The highest BCUT2D eigenvalue weighted by Crippen LogP contribution is 2.32. The highest BCUT2D eigenvalue weighted by atomic mass is 19.1. The minimum atomic E-state index is -0.602. The summed E-state index contributed by atoms with van der Waals surface area (Å²) < 4.78 is 30.7. The molecular weight excluding hydrogens is 439 g/mol. The minimum absolute atomic E-state index is 0.00703. The van der Waals surface area contributed by atoms with Gasteiger partial charge in [0, 0.05) is 28.4 Å². The van der Waals surface area contributed by atoms with Crippen LogP contribution in [0.2, 0.25) is 0 Å². The van der Waals surface area contributed by atoms with E-state index in [1.165, 1.54) is 7.11 Å². The number of hydrogen-bond donors (Lipinski definition) is 2. The summed E-state index contributed by atoms with van der Waals surface area (Å²) >= 11 is 0. The van der Waals surface area contributed by atoms with E-state index < -0.39 is 5.82 Å². The summed E-state index contributed by atoms with van der Waals surface area (Å²) in [6.07, 6.45) is 1.09. The number of benzene rings is 2. The van der Waals surface area contributed by atoms with E-state index in [0.717, 1.165) is 11.8 Å². The van der Waals surface area contributed by atoms with Crippen molar-refractivity contribution in [2.45, 2.75) is 26.2 Å². The highest BCUT2D eigenvalue weighted by Gasteiger charge is 2.22. The molecule has 2 aromatic carbocycles. The summed E-state index contributed by atoms with van der Waals surface area (Å²) in [5, 5.41) is 14.3. The monoisotopic (exact) mass is 464 g/mol. The largest absolute Gasteiger partial charge is 0.493 e. The van der Waals surface area contributed by atoms with Crippen molar-refractivity contribution in [3.63, 3.8) is 0 Å². The maximum atomic E-state index is 14.4. The first-order chi connectivity index (χ1) is 16.3. The fourth-order valence-electron chi connectivity index (χ4n) is 3.07. The van der Waals surface area contributed by atoms with Crippen LogP contribution >= 0.6 is 0 Å². The highest BCUT2D eigenvalue weighted by molar-refractivity contribution is 5.66. The lowest BCUT2D eigenvalue weighted by atomic mass is 9.97. The number of nitrogens with one attached hydrogen (secondary N) is 2. The number of hydrogen-bond acceptors (Lipinski definition) is 9. The first-order valence-corrected chi connectivity index (χ1v) is 10.5. The van der Waals surface area contributed by atoms with E-state index in [-0.39, 0.29) is 17.2 Å². The number of halogens is 1. The predicted octanol–water partition coefficient (Wildman–Crippen LogP) is 5.47. The topological polar surface area (TPSA) is 107 Å². The number of nitrogens with zero attached hydrogens (tertiary/aromatic N) is 4. The van der Waals surface area contributed by atoms with Crippen LogP contribution in [0.5, 0.6) is 11.5 Å². The Morgan fingerprint density at radius 1 is 0.912 bits per heavy atom. The number of anilines is 4. The fourth-order valence-corrected chi connectivity index (χ4v) is 3.07. The molecule has 0 aliphatic heterocycles. The molecule has 0 aliphatic carbocycles. The van der Waals surface area contributed by atoms with Gasteiger partial charge in [0.05, 0.1) is 20.4 Å². The Morgan fingerprint density at radius 3 is 2.38 bits per heavy atom. The van der Waals surface area contributed by atoms with Gasteiger partial charge in [-0.15, -0.1) is 10.2 Å². The second kappa shape index (κ2) is 9.34. The molecule has 34 heavy (non-hydrogen) atoms. The van der Waals surface area contributed by atoms with Crippen LogP contribution in [0.25, 0.3) is 11.5 Å². The lowest BCUT2D eigenvalue weighted by Crippen LogP contribution is -2.11. The Bertz CT molecular complexity index is 1300. The van der Waals surface area contributed by atoms with E-state index in [9.17, 15) is 4.39 Å². The van der Waals surface area contributed by atoms with Crippen molar-refractivity contribution < 1.29 is 18.3 Å². The zero-order valence-corrected chi connectivity index (χ0v) is 19.5. The van der Waals surface area contributed by atoms with Crippen molar-refractivity contribution in [3.05, 3.63) is 60.4 Å². The molecule has 2 N–H and O–H groups in total. The Kier molecular flexibility index (Phi) is 6.31. The van der Waals surface area contributed by atoms with Crippen molar-refractivity contribution in [2.24, 2.45) is 0 Å². The molecule has 4 rings (SSSR count). The van der Waals surface area contributed by atoms with Crippen LogP contribution in [-0.4, -0.2) is 34.4 Å². The average Bonchev–Trinajstić information content (AvgIpc) is 3.32. The Morgan fingerprint density at radius 2 is 1.68 bits per heavy atom. The smallest absolute Gasteiger partial charge is 0.247 e. The molecule has 0 unspecified atom stereocenters. The van der Waals surface area contributed by atoms with E-state index >= 15 is 0 Å². The summed E-state index contributed by atoms with van der Waals surface area (Å²) in [6.45, 7) is 6.01. The zero-order valence-electron chi connectivity index (χ0n) is 19.5. The molecule has 0 saturated carbocycles. The normalized spacial score (nSPS) is 11.2. The van der Waals surface area contributed by atoms with Gasteiger partial charge in [0.1, 0.15) is 0 Å². The molecule has 0 fully saturated rings. The third-order valence-electron chi connectivity index (χ3n) is 4.82. The van der Waals surface area contributed by atoms with Crippen molar-refractivity contribution in [3.8, 4) is 23.0 Å². The Labute approximate surface area is 196 Å². The maximum absolute atomic E-state index is 14.4. The van der Waals surface area contributed by atoms with Crippen LogP contribution in [0, 0.1) is 5.82 Å². The van der Waals surface area contributed by atoms with Crippen molar-refractivity contribution in [1.82, 2.24) is 20.2 Å². The number of aromatic nitrogens is 4. The Hall–Kier alpha value is -4.21. The molecule has 9 nitrogen and oxygen atoms in total. The Balaban J connectivity index is 1.55. The first kappa shape index (κ1) is 23.0. The third-order valence-corrected chi connectivity index (χ3v) is 4.82. The molecular formula is C24H25FN6O3. The predicted molar refractivity (Wildman–Crippen MR) is 127 cm³/mol. The van der Waals surface area contributed by atoms with E-state index in [1.54, 1.807) is 25.3 Å². The lowest BCUT2D eigenvalue weighted by molar-refractivity contribution is 0.355. The second-order valence-electron chi connectivity index (χ2n) is 8.45. The van der Waals surface area contributed by atoms with Crippen molar-refractivity contribution in [2.75, 3.05) is 24.9 Å². The number of ether oxygens (including phenoxy) is 2. The van der Waals surface area contributed by atoms with E-state index in [1.807, 2.05) is 45.0 Å². The van der Waals surface area contributed by atoms with Gasteiger partial charge in [0.2, 0.25) is 17.7 Å². The molecule has 0 amide bonds. The molecule has 0 spiro atoms. The first-order valence-electron chi connectivity index (χ1n) is 10.5. The quantitative estimate of drug-likeness (QED) is 0.368. The summed E-state index contributed by atoms with van der Waals surface area (Å²) in [6, 6.07) is 12.5. The molecule has 0 bridgehead atoms. The van der Waals surface area contributed by atoms with Gasteiger partial charge in [-0.25, -0.2) is 9.37 Å². The van der Waals surface area contributed by atoms with E-state index in [2.05, 4.69) is 30.8 Å². The van der Waals surface area contributed by atoms with Gasteiger partial charge in [-0.05, 0) is 30.3 Å². The van der Waals surface area contributed by atoms with Gasteiger partial charge in [0.15, 0.2) is 23.1 Å². The third kappa shape index (κ3) is 5.06. The van der Waals surface area contributed by atoms with E-state index in [4.69, 9.17) is 13.9 Å².